The van der Waals surface area contributed by atoms with Gasteiger partial charge in [-0.2, -0.15) is 0 Å². The molecule has 0 spiro atoms. The molecule has 1 fully saturated rings. The Labute approximate surface area is 124 Å². The summed E-state index contributed by atoms with van der Waals surface area (Å²) in [6.07, 6.45) is 5.09. The van der Waals surface area contributed by atoms with Gasteiger partial charge < -0.3 is 11.5 Å². The second-order valence-electron chi connectivity index (χ2n) is 6.16. The lowest BCUT2D eigenvalue weighted by atomic mass is 9.83. The third kappa shape index (κ3) is 2.99. The van der Waals surface area contributed by atoms with Gasteiger partial charge in [0, 0.05) is 23.5 Å². The first-order valence-electron chi connectivity index (χ1n) is 7.55. The summed E-state index contributed by atoms with van der Waals surface area (Å²) in [6.45, 7) is 3.19. The predicted molar refractivity (Wildman–Crippen MR) is 83.2 cm³/mol. The van der Waals surface area contributed by atoms with Gasteiger partial charge in [0.2, 0.25) is 0 Å². The standard InChI is InChI=1S/C15H22N6/c1-10-2-4-11(5-3-10)9-21-15(18-19-20-21)13-7-6-12(16)8-14(13)17/h6-8,10-11H,2-5,9,16-17H2,1H3. The van der Waals surface area contributed by atoms with Crippen LogP contribution in [-0.2, 0) is 6.54 Å². The lowest BCUT2D eigenvalue weighted by Gasteiger charge is -2.26. The normalized spacial score (nSPS) is 22.3. The van der Waals surface area contributed by atoms with Crippen LogP contribution in [0.25, 0.3) is 11.4 Å². The second-order valence-corrected chi connectivity index (χ2v) is 6.16. The van der Waals surface area contributed by atoms with Crippen molar-refractivity contribution in [1.82, 2.24) is 20.2 Å². The zero-order valence-electron chi connectivity index (χ0n) is 12.4. The van der Waals surface area contributed by atoms with Crippen molar-refractivity contribution in [3.8, 4) is 11.4 Å². The quantitative estimate of drug-likeness (QED) is 0.844. The van der Waals surface area contributed by atoms with Gasteiger partial charge in [0.15, 0.2) is 5.82 Å². The molecule has 2 aromatic rings. The van der Waals surface area contributed by atoms with E-state index in [4.69, 9.17) is 11.5 Å². The van der Waals surface area contributed by atoms with Crippen LogP contribution < -0.4 is 11.5 Å². The Morgan fingerprint density at radius 1 is 1.19 bits per heavy atom. The minimum absolute atomic E-state index is 0.614. The van der Waals surface area contributed by atoms with E-state index in [2.05, 4.69) is 22.4 Å². The highest BCUT2D eigenvalue weighted by molar-refractivity contribution is 5.74. The van der Waals surface area contributed by atoms with Gasteiger partial charge in [0.1, 0.15) is 0 Å². The maximum atomic E-state index is 6.04. The fourth-order valence-corrected chi connectivity index (χ4v) is 3.06. The fraction of sp³-hybridized carbons (Fsp3) is 0.533. The van der Waals surface area contributed by atoms with Crippen LogP contribution in [-0.4, -0.2) is 20.2 Å². The van der Waals surface area contributed by atoms with Gasteiger partial charge in [0.25, 0.3) is 0 Å². The molecule has 0 saturated heterocycles. The number of nitrogen functional groups attached to an aromatic ring is 2. The highest BCUT2D eigenvalue weighted by Crippen LogP contribution is 2.31. The first-order chi connectivity index (χ1) is 10.1. The highest BCUT2D eigenvalue weighted by atomic mass is 15.5. The van der Waals surface area contributed by atoms with Crippen LogP contribution in [0.15, 0.2) is 18.2 Å². The summed E-state index contributed by atoms with van der Waals surface area (Å²) >= 11 is 0. The van der Waals surface area contributed by atoms with E-state index in [1.54, 1.807) is 6.07 Å². The van der Waals surface area contributed by atoms with Gasteiger partial charge in [-0.25, -0.2) is 4.68 Å². The number of nitrogens with zero attached hydrogens (tertiary/aromatic N) is 4. The summed E-state index contributed by atoms with van der Waals surface area (Å²) in [5.74, 6) is 2.23. The van der Waals surface area contributed by atoms with Crippen molar-refractivity contribution < 1.29 is 0 Å². The van der Waals surface area contributed by atoms with E-state index in [0.29, 0.717) is 17.3 Å². The van der Waals surface area contributed by atoms with Crippen LogP contribution in [0.5, 0.6) is 0 Å². The van der Waals surface area contributed by atoms with Gasteiger partial charge in [-0.3, -0.25) is 0 Å². The Bertz CT molecular complexity index is 612. The minimum Gasteiger partial charge on any atom is -0.399 e. The molecule has 1 aromatic carbocycles. The van der Waals surface area contributed by atoms with Crippen LogP contribution in [0.3, 0.4) is 0 Å². The van der Waals surface area contributed by atoms with Crippen molar-refractivity contribution in [3.63, 3.8) is 0 Å². The highest BCUT2D eigenvalue weighted by Gasteiger charge is 2.21. The van der Waals surface area contributed by atoms with Gasteiger partial charge in [-0.15, -0.1) is 5.10 Å². The zero-order valence-corrected chi connectivity index (χ0v) is 12.4. The number of anilines is 2. The smallest absolute Gasteiger partial charge is 0.184 e. The van der Waals surface area contributed by atoms with Gasteiger partial charge >= 0.3 is 0 Å². The lowest BCUT2D eigenvalue weighted by Crippen LogP contribution is -2.19. The Kier molecular flexibility index (Phi) is 3.77. The van der Waals surface area contributed by atoms with Crippen molar-refractivity contribution in [2.45, 2.75) is 39.2 Å². The van der Waals surface area contributed by atoms with E-state index in [0.717, 1.165) is 23.9 Å². The average Bonchev–Trinajstić information content (AvgIpc) is 2.89. The Morgan fingerprint density at radius 3 is 2.67 bits per heavy atom. The topological polar surface area (TPSA) is 95.6 Å². The van der Waals surface area contributed by atoms with Gasteiger partial charge in [-0.05, 0) is 53.3 Å². The van der Waals surface area contributed by atoms with Crippen molar-refractivity contribution in [2.24, 2.45) is 11.8 Å². The maximum Gasteiger partial charge on any atom is 0.184 e. The molecule has 1 saturated carbocycles. The van der Waals surface area contributed by atoms with E-state index < -0.39 is 0 Å². The third-order valence-corrected chi connectivity index (χ3v) is 4.41. The Morgan fingerprint density at radius 2 is 1.95 bits per heavy atom. The number of hydrogen-bond acceptors (Lipinski definition) is 5. The zero-order chi connectivity index (χ0) is 14.8. The molecule has 0 aliphatic heterocycles. The Balaban J connectivity index is 1.80. The number of rotatable bonds is 3. The number of benzene rings is 1. The van der Waals surface area contributed by atoms with E-state index >= 15 is 0 Å². The summed E-state index contributed by atoms with van der Waals surface area (Å²) < 4.78 is 1.88. The summed E-state index contributed by atoms with van der Waals surface area (Å²) in [6, 6.07) is 5.46. The maximum absolute atomic E-state index is 6.04. The molecule has 1 aliphatic carbocycles. The molecule has 6 heteroatoms. The molecule has 0 amide bonds. The van der Waals surface area contributed by atoms with Crippen molar-refractivity contribution in [3.05, 3.63) is 18.2 Å². The van der Waals surface area contributed by atoms with Crippen LogP contribution >= 0.6 is 0 Å². The molecular formula is C15H22N6. The van der Waals surface area contributed by atoms with Crippen molar-refractivity contribution in [2.75, 3.05) is 11.5 Å². The molecule has 1 aromatic heterocycles. The van der Waals surface area contributed by atoms with E-state index in [-0.39, 0.29) is 0 Å². The molecule has 1 aliphatic rings. The molecule has 0 bridgehead atoms. The first kappa shape index (κ1) is 13.9. The molecule has 0 atom stereocenters. The molecule has 0 unspecified atom stereocenters. The summed E-state index contributed by atoms with van der Waals surface area (Å²) in [7, 11) is 0. The number of aromatic nitrogens is 4. The van der Waals surface area contributed by atoms with E-state index in [9.17, 15) is 0 Å². The molecule has 6 nitrogen and oxygen atoms in total. The molecule has 112 valence electrons. The number of nitrogens with two attached hydrogens (primary N) is 2. The lowest BCUT2D eigenvalue weighted by molar-refractivity contribution is 0.257. The fourth-order valence-electron chi connectivity index (χ4n) is 3.06. The summed E-state index contributed by atoms with van der Waals surface area (Å²) in [4.78, 5) is 0. The first-order valence-corrected chi connectivity index (χ1v) is 7.55. The SMILES string of the molecule is CC1CCC(Cn2nnnc2-c2ccc(N)cc2N)CC1. The minimum atomic E-state index is 0.614. The predicted octanol–water partition coefficient (Wildman–Crippen LogP) is 2.33. The number of hydrogen-bond donors (Lipinski definition) is 2. The Hall–Kier alpha value is -2.11. The monoisotopic (exact) mass is 286 g/mol. The molecule has 0 radical (unpaired) electrons. The third-order valence-electron chi connectivity index (χ3n) is 4.41. The summed E-state index contributed by atoms with van der Waals surface area (Å²) in [5, 5.41) is 12.1. The number of tetrazole rings is 1. The summed E-state index contributed by atoms with van der Waals surface area (Å²) in [5.41, 5.74) is 13.9. The van der Waals surface area contributed by atoms with Crippen LogP contribution in [0.4, 0.5) is 11.4 Å². The largest absolute Gasteiger partial charge is 0.399 e. The van der Waals surface area contributed by atoms with E-state index in [1.165, 1.54) is 25.7 Å². The van der Waals surface area contributed by atoms with Gasteiger partial charge in [-0.1, -0.05) is 19.8 Å². The van der Waals surface area contributed by atoms with Crippen molar-refractivity contribution >= 4 is 11.4 Å². The molecule has 21 heavy (non-hydrogen) atoms. The average molecular weight is 286 g/mol. The van der Waals surface area contributed by atoms with Crippen LogP contribution in [0, 0.1) is 11.8 Å². The van der Waals surface area contributed by atoms with E-state index in [1.807, 2.05) is 16.8 Å². The molecule has 3 rings (SSSR count). The van der Waals surface area contributed by atoms with Crippen molar-refractivity contribution in [1.29, 1.82) is 0 Å². The second kappa shape index (κ2) is 5.71. The molecule has 4 N–H and O–H groups in total. The molecular weight excluding hydrogens is 264 g/mol. The van der Waals surface area contributed by atoms with Gasteiger partial charge in [0.05, 0.1) is 0 Å². The van der Waals surface area contributed by atoms with Crippen LogP contribution in [0.2, 0.25) is 0 Å². The molecule has 1 heterocycles. The van der Waals surface area contributed by atoms with Crippen LogP contribution in [0.1, 0.15) is 32.6 Å².